The fourth-order valence-electron chi connectivity index (χ4n) is 1.82. The molecule has 0 radical (unpaired) electrons. The third kappa shape index (κ3) is 1.47. The van der Waals surface area contributed by atoms with Crippen LogP contribution in [0.15, 0.2) is 47.1 Å². The van der Waals surface area contributed by atoms with E-state index in [1.54, 1.807) is 6.26 Å². The number of furan rings is 1. The molecule has 0 spiro atoms. The smallest absolute Gasteiger partial charge is 0.178 e. The van der Waals surface area contributed by atoms with E-state index in [9.17, 15) is 0 Å². The van der Waals surface area contributed by atoms with E-state index in [-0.39, 0.29) is 0 Å². The lowest BCUT2D eigenvalue weighted by Crippen LogP contribution is -1.97. The van der Waals surface area contributed by atoms with Gasteiger partial charge in [0.05, 0.1) is 23.8 Å². The zero-order chi connectivity index (χ0) is 11.0. The van der Waals surface area contributed by atoms with E-state index in [0.29, 0.717) is 6.54 Å². The molecule has 80 valence electrons. The van der Waals surface area contributed by atoms with Crippen LogP contribution >= 0.6 is 12.2 Å². The Kier molecular flexibility index (Phi) is 2.15. The molecule has 0 fully saturated rings. The first-order valence-electron chi connectivity index (χ1n) is 5.04. The number of rotatable bonds is 2. The lowest BCUT2D eigenvalue weighted by atomic mass is 10.3. The number of para-hydroxylation sites is 2. The number of imidazole rings is 1. The van der Waals surface area contributed by atoms with Crippen LogP contribution in [-0.2, 0) is 6.54 Å². The Morgan fingerprint density at radius 2 is 2.06 bits per heavy atom. The van der Waals surface area contributed by atoms with Gasteiger partial charge in [-0.3, -0.25) is 0 Å². The molecule has 3 rings (SSSR count). The van der Waals surface area contributed by atoms with Crippen LogP contribution in [0.1, 0.15) is 5.76 Å². The summed E-state index contributed by atoms with van der Waals surface area (Å²) in [5, 5.41) is 0. The molecule has 1 N–H and O–H groups in total. The summed E-state index contributed by atoms with van der Waals surface area (Å²) < 4.78 is 8.08. The number of aromatic amines is 1. The minimum absolute atomic E-state index is 0.663. The van der Waals surface area contributed by atoms with Crippen molar-refractivity contribution in [1.29, 1.82) is 0 Å². The van der Waals surface area contributed by atoms with E-state index in [1.165, 1.54) is 0 Å². The molecule has 0 aliphatic rings. The van der Waals surface area contributed by atoms with Gasteiger partial charge in [0.2, 0.25) is 0 Å². The molecular weight excluding hydrogens is 220 g/mol. The van der Waals surface area contributed by atoms with E-state index < -0.39 is 0 Å². The van der Waals surface area contributed by atoms with Gasteiger partial charge in [-0.2, -0.15) is 0 Å². The maximum absolute atomic E-state index is 5.33. The zero-order valence-electron chi connectivity index (χ0n) is 8.51. The molecule has 4 heteroatoms. The molecule has 1 aromatic carbocycles. The third-order valence-electron chi connectivity index (χ3n) is 2.58. The van der Waals surface area contributed by atoms with Crippen LogP contribution in [0.3, 0.4) is 0 Å². The van der Waals surface area contributed by atoms with Crippen LogP contribution in [-0.4, -0.2) is 9.55 Å². The first kappa shape index (κ1) is 9.42. The Hall–Kier alpha value is -1.81. The average Bonchev–Trinajstić information content (AvgIpc) is 2.89. The summed E-state index contributed by atoms with van der Waals surface area (Å²) >= 11 is 5.29. The fraction of sp³-hybridized carbons (Fsp3) is 0.0833. The van der Waals surface area contributed by atoms with Crippen molar-refractivity contribution in [2.45, 2.75) is 6.54 Å². The van der Waals surface area contributed by atoms with Crippen molar-refractivity contribution >= 4 is 23.3 Å². The summed E-state index contributed by atoms with van der Waals surface area (Å²) in [4.78, 5) is 3.18. The molecule has 3 aromatic rings. The standard InChI is InChI=1S/C12H10N2OS/c16-12-13-10-5-1-2-6-11(10)14(12)8-9-4-3-7-15-9/h1-7H,8H2,(H,13,16). The number of benzene rings is 1. The first-order chi connectivity index (χ1) is 7.84. The second-order valence-corrected chi connectivity index (χ2v) is 4.00. The highest BCUT2D eigenvalue weighted by atomic mass is 32.1. The van der Waals surface area contributed by atoms with Gasteiger partial charge in [0.25, 0.3) is 0 Å². The second-order valence-electron chi connectivity index (χ2n) is 3.61. The molecular formula is C12H10N2OS. The van der Waals surface area contributed by atoms with Gasteiger partial charge in [0.15, 0.2) is 4.77 Å². The number of nitrogens with zero attached hydrogens (tertiary/aromatic N) is 1. The van der Waals surface area contributed by atoms with Gasteiger partial charge in [-0.25, -0.2) is 0 Å². The topological polar surface area (TPSA) is 33.9 Å². The Balaban J connectivity index is 2.16. The molecule has 0 aliphatic heterocycles. The highest BCUT2D eigenvalue weighted by Gasteiger charge is 2.05. The van der Waals surface area contributed by atoms with Gasteiger partial charge in [-0.05, 0) is 36.5 Å². The predicted molar refractivity (Wildman–Crippen MR) is 64.9 cm³/mol. The maximum Gasteiger partial charge on any atom is 0.178 e. The summed E-state index contributed by atoms with van der Waals surface area (Å²) in [6, 6.07) is 11.9. The third-order valence-corrected chi connectivity index (χ3v) is 2.90. The summed E-state index contributed by atoms with van der Waals surface area (Å²) in [6.07, 6.45) is 1.67. The van der Waals surface area contributed by atoms with Crippen LogP contribution in [0, 0.1) is 4.77 Å². The molecule has 0 bridgehead atoms. The van der Waals surface area contributed by atoms with Crippen molar-refractivity contribution in [2.24, 2.45) is 0 Å². The van der Waals surface area contributed by atoms with Gasteiger partial charge in [-0.1, -0.05) is 12.1 Å². The minimum Gasteiger partial charge on any atom is -0.467 e. The van der Waals surface area contributed by atoms with Crippen LogP contribution in [0.25, 0.3) is 11.0 Å². The van der Waals surface area contributed by atoms with Crippen molar-refractivity contribution < 1.29 is 4.42 Å². The number of hydrogen-bond donors (Lipinski definition) is 1. The first-order valence-corrected chi connectivity index (χ1v) is 5.45. The quantitative estimate of drug-likeness (QED) is 0.685. The monoisotopic (exact) mass is 230 g/mol. The molecule has 0 saturated heterocycles. The van der Waals surface area contributed by atoms with Crippen molar-refractivity contribution in [3.8, 4) is 0 Å². The summed E-state index contributed by atoms with van der Waals surface area (Å²) in [5.41, 5.74) is 2.16. The van der Waals surface area contributed by atoms with Crippen molar-refractivity contribution in [2.75, 3.05) is 0 Å². The Bertz CT molecular complexity index is 664. The summed E-state index contributed by atoms with van der Waals surface area (Å²) in [6.45, 7) is 0.663. The van der Waals surface area contributed by atoms with Crippen LogP contribution in [0.4, 0.5) is 0 Å². The normalized spacial score (nSPS) is 11.0. The molecule has 0 saturated carbocycles. The molecule has 0 amide bonds. The van der Waals surface area contributed by atoms with Gasteiger partial charge in [-0.15, -0.1) is 0 Å². The summed E-state index contributed by atoms with van der Waals surface area (Å²) in [7, 11) is 0. The van der Waals surface area contributed by atoms with E-state index >= 15 is 0 Å². The Morgan fingerprint density at radius 3 is 2.88 bits per heavy atom. The number of fused-ring (bicyclic) bond motifs is 1. The zero-order valence-corrected chi connectivity index (χ0v) is 9.33. The van der Waals surface area contributed by atoms with Crippen molar-refractivity contribution in [1.82, 2.24) is 9.55 Å². The molecule has 16 heavy (non-hydrogen) atoms. The minimum atomic E-state index is 0.663. The van der Waals surface area contributed by atoms with E-state index in [0.717, 1.165) is 21.6 Å². The van der Waals surface area contributed by atoms with E-state index in [4.69, 9.17) is 16.6 Å². The largest absolute Gasteiger partial charge is 0.467 e. The predicted octanol–water partition coefficient (Wildman–Crippen LogP) is 3.34. The highest BCUT2D eigenvalue weighted by molar-refractivity contribution is 7.71. The molecule has 0 atom stereocenters. The highest BCUT2D eigenvalue weighted by Crippen LogP contribution is 2.15. The Morgan fingerprint density at radius 1 is 1.19 bits per heavy atom. The lowest BCUT2D eigenvalue weighted by molar-refractivity contribution is 0.495. The molecule has 3 nitrogen and oxygen atoms in total. The SMILES string of the molecule is S=c1[nH]c2ccccc2n1Cc1ccco1. The van der Waals surface area contributed by atoms with Crippen LogP contribution < -0.4 is 0 Å². The van der Waals surface area contributed by atoms with E-state index in [2.05, 4.69) is 4.98 Å². The van der Waals surface area contributed by atoms with Gasteiger partial charge in [0.1, 0.15) is 5.76 Å². The lowest BCUT2D eigenvalue weighted by Gasteiger charge is -2.00. The Labute approximate surface area is 97.3 Å². The number of hydrogen-bond acceptors (Lipinski definition) is 2. The fourth-order valence-corrected chi connectivity index (χ4v) is 2.10. The summed E-state index contributed by atoms with van der Waals surface area (Å²) in [5.74, 6) is 0.904. The molecule has 2 aromatic heterocycles. The number of aromatic nitrogens is 2. The van der Waals surface area contributed by atoms with Crippen LogP contribution in [0.5, 0.6) is 0 Å². The van der Waals surface area contributed by atoms with Crippen molar-refractivity contribution in [3.05, 3.63) is 53.2 Å². The maximum atomic E-state index is 5.33. The molecule has 0 unspecified atom stereocenters. The second kappa shape index (κ2) is 3.64. The van der Waals surface area contributed by atoms with Crippen LogP contribution in [0.2, 0.25) is 0 Å². The number of H-pyrrole nitrogens is 1. The van der Waals surface area contributed by atoms with Gasteiger partial charge < -0.3 is 14.0 Å². The van der Waals surface area contributed by atoms with E-state index in [1.807, 2.05) is 41.0 Å². The van der Waals surface area contributed by atoms with Gasteiger partial charge >= 0.3 is 0 Å². The average molecular weight is 230 g/mol. The number of nitrogens with one attached hydrogen (secondary N) is 1. The molecule has 2 heterocycles. The van der Waals surface area contributed by atoms with Crippen molar-refractivity contribution in [3.63, 3.8) is 0 Å². The molecule has 0 aliphatic carbocycles. The van der Waals surface area contributed by atoms with Gasteiger partial charge in [0, 0.05) is 0 Å².